The van der Waals surface area contributed by atoms with E-state index in [0.717, 1.165) is 17.8 Å². The molecule has 2 unspecified atom stereocenters. The Morgan fingerprint density at radius 3 is 3.07 bits per heavy atom. The molecule has 0 saturated carbocycles. The summed E-state index contributed by atoms with van der Waals surface area (Å²) in [7, 11) is 0. The lowest BCUT2D eigenvalue weighted by Crippen LogP contribution is -2.25. The van der Waals surface area contributed by atoms with Crippen LogP contribution in [0.15, 0.2) is 4.99 Å². The molecule has 80 valence electrons. The van der Waals surface area contributed by atoms with Crippen molar-refractivity contribution in [3.63, 3.8) is 0 Å². The number of amidine groups is 1. The predicted molar refractivity (Wildman–Crippen MR) is 67.4 cm³/mol. The van der Waals surface area contributed by atoms with Crippen molar-refractivity contribution in [2.24, 2.45) is 10.9 Å². The maximum Gasteiger partial charge on any atom is 0.159 e. The van der Waals surface area contributed by atoms with Gasteiger partial charge in [-0.3, -0.25) is 4.99 Å². The van der Waals surface area contributed by atoms with Gasteiger partial charge >= 0.3 is 0 Å². The highest BCUT2D eigenvalue weighted by molar-refractivity contribution is 9.09. The third-order valence-electron chi connectivity index (χ3n) is 3.01. The van der Waals surface area contributed by atoms with Crippen molar-refractivity contribution in [1.82, 2.24) is 4.90 Å². The van der Waals surface area contributed by atoms with E-state index < -0.39 is 0 Å². The molecular formula is C10H17BrN2S. The molecule has 0 amide bonds. The smallest absolute Gasteiger partial charge is 0.159 e. The number of hydrogen-bond acceptors (Lipinski definition) is 3. The Morgan fingerprint density at radius 1 is 1.64 bits per heavy atom. The molecule has 2 atom stereocenters. The van der Waals surface area contributed by atoms with Crippen molar-refractivity contribution in [2.45, 2.75) is 25.0 Å². The van der Waals surface area contributed by atoms with Crippen molar-refractivity contribution in [2.75, 3.05) is 25.0 Å². The minimum absolute atomic E-state index is 0.672. The van der Waals surface area contributed by atoms with Crippen LogP contribution < -0.4 is 0 Å². The second-order valence-electron chi connectivity index (χ2n) is 4.03. The zero-order chi connectivity index (χ0) is 9.97. The second kappa shape index (κ2) is 4.88. The van der Waals surface area contributed by atoms with Crippen LogP contribution in [0, 0.1) is 5.92 Å². The molecule has 2 nitrogen and oxygen atoms in total. The van der Waals surface area contributed by atoms with Gasteiger partial charge in [-0.05, 0) is 12.3 Å². The standard InChI is InChI=1S/C10H17BrN2S/c1-2-8-3-4-13(7-8)10-12-6-9(5-11)14-10/h8-9H,2-7H2,1H3. The third-order valence-corrected chi connectivity index (χ3v) is 5.47. The first-order valence-corrected chi connectivity index (χ1v) is 7.35. The first kappa shape index (κ1) is 10.8. The Hall–Kier alpha value is 0.300. The molecule has 2 heterocycles. The Labute approximate surface area is 98.7 Å². The van der Waals surface area contributed by atoms with Gasteiger partial charge in [0, 0.05) is 23.7 Å². The van der Waals surface area contributed by atoms with E-state index in [4.69, 9.17) is 0 Å². The SMILES string of the molecule is CCC1CCN(C2=NCC(CBr)S2)C1. The fourth-order valence-corrected chi connectivity index (χ4v) is 3.57. The van der Waals surface area contributed by atoms with Crippen LogP contribution in [0.5, 0.6) is 0 Å². The van der Waals surface area contributed by atoms with Crippen LogP contribution in [0.2, 0.25) is 0 Å². The molecule has 0 aromatic rings. The highest BCUT2D eigenvalue weighted by Crippen LogP contribution is 2.29. The molecule has 0 radical (unpaired) electrons. The molecule has 4 heteroatoms. The Balaban J connectivity index is 1.86. The number of likely N-dealkylation sites (tertiary alicyclic amines) is 1. The van der Waals surface area contributed by atoms with Crippen molar-refractivity contribution in [1.29, 1.82) is 0 Å². The minimum atomic E-state index is 0.672. The fraction of sp³-hybridized carbons (Fsp3) is 0.900. The van der Waals surface area contributed by atoms with Gasteiger partial charge in [-0.1, -0.05) is 41.0 Å². The molecule has 0 aromatic heterocycles. The number of halogens is 1. The largest absolute Gasteiger partial charge is 0.351 e. The predicted octanol–water partition coefficient (Wildman–Crippen LogP) is 2.58. The summed E-state index contributed by atoms with van der Waals surface area (Å²) in [4.78, 5) is 7.09. The van der Waals surface area contributed by atoms with Crippen molar-refractivity contribution in [3.8, 4) is 0 Å². The van der Waals surface area contributed by atoms with E-state index in [-0.39, 0.29) is 0 Å². The molecule has 2 rings (SSSR count). The number of hydrogen-bond donors (Lipinski definition) is 0. The van der Waals surface area contributed by atoms with Gasteiger partial charge in [0.25, 0.3) is 0 Å². The van der Waals surface area contributed by atoms with Gasteiger partial charge < -0.3 is 4.90 Å². The molecule has 14 heavy (non-hydrogen) atoms. The average molecular weight is 277 g/mol. The zero-order valence-corrected chi connectivity index (χ0v) is 11.0. The van der Waals surface area contributed by atoms with Gasteiger partial charge in [0.1, 0.15) is 0 Å². The van der Waals surface area contributed by atoms with Crippen molar-refractivity contribution < 1.29 is 0 Å². The quantitative estimate of drug-likeness (QED) is 0.721. The lowest BCUT2D eigenvalue weighted by molar-refractivity contribution is 0.479. The molecular weight excluding hydrogens is 260 g/mol. The summed E-state index contributed by atoms with van der Waals surface area (Å²) < 4.78 is 0. The number of rotatable bonds is 2. The highest BCUT2D eigenvalue weighted by Gasteiger charge is 2.28. The van der Waals surface area contributed by atoms with Crippen molar-refractivity contribution in [3.05, 3.63) is 0 Å². The monoisotopic (exact) mass is 276 g/mol. The summed E-state index contributed by atoms with van der Waals surface area (Å²) in [6.07, 6.45) is 2.67. The van der Waals surface area contributed by atoms with Crippen LogP contribution in [-0.4, -0.2) is 40.3 Å². The molecule has 1 fully saturated rings. The highest BCUT2D eigenvalue weighted by atomic mass is 79.9. The van der Waals surface area contributed by atoms with Gasteiger partial charge in [-0.25, -0.2) is 0 Å². The summed E-state index contributed by atoms with van der Waals surface area (Å²) in [5.74, 6) is 0.904. The second-order valence-corrected chi connectivity index (χ2v) is 5.94. The summed E-state index contributed by atoms with van der Waals surface area (Å²) in [6.45, 7) is 5.74. The lowest BCUT2D eigenvalue weighted by Gasteiger charge is -2.17. The van der Waals surface area contributed by atoms with Crippen molar-refractivity contribution >= 4 is 32.9 Å². The van der Waals surface area contributed by atoms with Gasteiger partial charge in [0.05, 0.1) is 6.54 Å². The molecule has 0 spiro atoms. The normalized spacial score (nSPS) is 32.4. The van der Waals surface area contributed by atoms with Crippen LogP contribution in [-0.2, 0) is 0 Å². The topological polar surface area (TPSA) is 15.6 Å². The van der Waals surface area contributed by atoms with E-state index in [9.17, 15) is 0 Å². The van der Waals surface area contributed by atoms with Gasteiger partial charge in [0.15, 0.2) is 5.17 Å². The van der Waals surface area contributed by atoms with E-state index >= 15 is 0 Å². The number of alkyl halides is 1. The summed E-state index contributed by atoms with van der Waals surface area (Å²) >= 11 is 5.47. The van der Waals surface area contributed by atoms with Crippen LogP contribution >= 0.6 is 27.7 Å². The van der Waals surface area contributed by atoms with Gasteiger partial charge in [-0.15, -0.1) is 0 Å². The van der Waals surface area contributed by atoms with Gasteiger partial charge in [0.2, 0.25) is 0 Å². The molecule has 2 aliphatic rings. The third kappa shape index (κ3) is 2.27. The molecule has 0 N–H and O–H groups in total. The molecule has 0 aliphatic carbocycles. The Bertz CT molecular complexity index is 232. The van der Waals surface area contributed by atoms with E-state index in [1.165, 1.54) is 31.1 Å². The van der Waals surface area contributed by atoms with E-state index in [1.54, 1.807) is 0 Å². The maximum atomic E-state index is 4.61. The number of nitrogens with zero attached hydrogens (tertiary/aromatic N) is 2. The first-order valence-electron chi connectivity index (χ1n) is 5.35. The maximum absolute atomic E-state index is 4.61. The Kier molecular flexibility index (Phi) is 3.77. The molecule has 0 aromatic carbocycles. The van der Waals surface area contributed by atoms with E-state index in [2.05, 4.69) is 32.7 Å². The van der Waals surface area contributed by atoms with Crippen LogP contribution in [0.3, 0.4) is 0 Å². The van der Waals surface area contributed by atoms with Gasteiger partial charge in [-0.2, -0.15) is 0 Å². The summed E-state index contributed by atoms with van der Waals surface area (Å²) in [5.41, 5.74) is 0. The number of thioether (sulfide) groups is 1. The van der Waals surface area contributed by atoms with Crippen LogP contribution in [0.1, 0.15) is 19.8 Å². The minimum Gasteiger partial charge on any atom is -0.351 e. The molecule has 1 saturated heterocycles. The summed E-state index contributed by atoms with van der Waals surface area (Å²) in [5, 5.41) is 3.03. The fourth-order valence-electron chi connectivity index (χ4n) is 2.00. The van der Waals surface area contributed by atoms with Crippen LogP contribution in [0.25, 0.3) is 0 Å². The molecule has 0 bridgehead atoms. The summed E-state index contributed by atoms with van der Waals surface area (Å²) in [6, 6.07) is 0. The molecule has 2 aliphatic heterocycles. The Morgan fingerprint density at radius 2 is 2.50 bits per heavy atom. The first-order chi connectivity index (χ1) is 6.83. The zero-order valence-electron chi connectivity index (χ0n) is 8.58. The number of aliphatic imine (C=N–C) groups is 1. The van der Waals surface area contributed by atoms with E-state index in [0.29, 0.717) is 5.25 Å². The van der Waals surface area contributed by atoms with Crippen LogP contribution in [0.4, 0.5) is 0 Å². The van der Waals surface area contributed by atoms with E-state index in [1.807, 2.05) is 11.8 Å². The average Bonchev–Trinajstić information content (AvgIpc) is 2.86. The lowest BCUT2D eigenvalue weighted by atomic mass is 10.1.